The summed E-state index contributed by atoms with van der Waals surface area (Å²) < 4.78 is 0. The lowest BCUT2D eigenvalue weighted by Crippen LogP contribution is -2.19. The van der Waals surface area contributed by atoms with Crippen molar-refractivity contribution in [3.05, 3.63) is 18.1 Å². The van der Waals surface area contributed by atoms with Crippen LogP contribution in [0.5, 0.6) is 0 Å². The van der Waals surface area contributed by atoms with Gasteiger partial charge >= 0.3 is 0 Å². The molecule has 0 bridgehead atoms. The van der Waals surface area contributed by atoms with E-state index in [1.165, 1.54) is 6.33 Å². The van der Waals surface area contributed by atoms with Crippen molar-refractivity contribution in [3.8, 4) is 6.07 Å². The maximum absolute atomic E-state index is 8.62. The molecule has 0 aliphatic rings. The zero-order valence-electron chi connectivity index (χ0n) is 8.70. The quantitative estimate of drug-likeness (QED) is 0.772. The van der Waals surface area contributed by atoms with Crippen LogP contribution < -0.4 is 5.32 Å². The van der Waals surface area contributed by atoms with E-state index in [0.717, 1.165) is 6.54 Å². The molecule has 4 heteroatoms. The molecule has 1 heterocycles. The minimum atomic E-state index is 0.192. The molecule has 0 atom stereocenters. The van der Waals surface area contributed by atoms with Crippen LogP contribution in [0.3, 0.4) is 0 Å². The topological polar surface area (TPSA) is 61.6 Å². The Hall–Kier alpha value is -1.63. The Morgan fingerprint density at radius 2 is 2.14 bits per heavy atom. The van der Waals surface area contributed by atoms with Gasteiger partial charge in [0, 0.05) is 12.6 Å². The maximum atomic E-state index is 8.62. The first-order chi connectivity index (χ1) is 6.51. The van der Waals surface area contributed by atoms with Crippen LogP contribution in [0.1, 0.15) is 26.5 Å². The van der Waals surface area contributed by atoms with Crippen LogP contribution in [-0.4, -0.2) is 16.5 Å². The van der Waals surface area contributed by atoms with Crippen molar-refractivity contribution >= 4 is 5.82 Å². The highest BCUT2D eigenvalue weighted by Gasteiger charge is 2.09. The second-order valence-corrected chi connectivity index (χ2v) is 4.31. The Morgan fingerprint density at radius 1 is 1.43 bits per heavy atom. The van der Waals surface area contributed by atoms with Gasteiger partial charge in [0.2, 0.25) is 0 Å². The molecule has 0 aliphatic carbocycles. The van der Waals surface area contributed by atoms with Gasteiger partial charge in [0.05, 0.1) is 0 Å². The number of rotatable bonds is 2. The molecule has 0 saturated heterocycles. The highest BCUT2D eigenvalue weighted by molar-refractivity contribution is 5.38. The first-order valence-corrected chi connectivity index (χ1v) is 4.47. The SMILES string of the molecule is CC(C)(C)CNc1cc(C#N)ncn1. The van der Waals surface area contributed by atoms with Crippen molar-refractivity contribution in [3.63, 3.8) is 0 Å². The predicted octanol–water partition coefficient (Wildman–Crippen LogP) is 1.81. The van der Waals surface area contributed by atoms with E-state index in [0.29, 0.717) is 11.5 Å². The summed E-state index contributed by atoms with van der Waals surface area (Å²) >= 11 is 0. The minimum Gasteiger partial charge on any atom is -0.369 e. The molecule has 0 amide bonds. The fourth-order valence-corrected chi connectivity index (χ4v) is 0.871. The molecular weight excluding hydrogens is 176 g/mol. The second-order valence-electron chi connectivity index (χ2n) is 4.31. The Balaban J connectivity index is 2.65. The van der Waals surface area contributed by atoms with Gasteiger partial charge in [0.15, 0.2) is 0 Å². The fourth-order valence-electron chi connectivity index (χ4n) is 0.871. The first-order valence-electron chi connectivity index (χ1n) is 4.47. The minimum absolute atomic E-state index is 0.192. The third kappa shape index (κ3) is 3.40. The summed E-state index contributed by atoms with van der Waals surface area (Å²) in [6, 6.07) is 3.62. The lowest BCUT2D eigenvalue weighted by Gasteiger charge is -2.18. The van der Waals surface area contributed by atoms with Gasteiger partial charge in [0.25, 0.3) is 0 Å². The van der Waals surface area contributed by atoms with E-state index in [9.17, 15) is 0 Å². The molecule has 1 rings (SSSR count). The molecule has 0 fully saturated rings. The van der Waals surface area contributed by atoms with Crippen LogP contribution in [0.15, 0.2) is 12.4 Å². The van der Waals surface area contributed by atoms with E-state index in [2.05, 4.69) is 36.1 Å². The van der Waals surface area contributed by atoms with E-state index in [1.54, 1.807) is 6.07 Å². The Kier molecular flexibility index (Phi) is 3.03. The lowest BCUT2D eigenvalue weighted by molar-refractivity contribution is 0.442. The molecular formula is C10H14N4. The van der Waals surface area contributed by atoms with Gasteiger partial charge in [0.1, 0.15) is 23.9 Å². The number of aromatic nitrogens is 2. The summed E-state index contributed by atoms with van der Waals surface area (Å²) in [5.74, 6) is 0.700. The molecule has 14 heavy (non-hydrogen) atoms. The lowest BCUT2D eigenvalue weighted by atomic mass is 9.97. The molecule has 0 saturated carbocycles. The van der Waals surface area contributed by atoms with Crippen LogP contribution >= 0.6 is 0 Å². The molecule has 1 aromatic heterocycles. The average Bonchev–Trinajstić information content (AvgIpc) is 2.14. The van der Waals surface area contributed by atoms with Crippen molar-refractivity contribution in [2.24, 2.45) is 5.41 Å². The van der Waals surface area contributed by atoms with E-state index in [4.69, 9.17) is 5.26 Å². The largest absolute Gasteiger partial charge is 0.369 e. The monoisotopic (exact) mass is 190 g/mol. The average molecular weight is 190 g/mol. The highest BCUT2D eigenvalue weighted by atomic mass is 15.0. The third-order valence-electron chi connectivity index (χ3n) is 1.58. The molecule has 0 aromatic carbocycles. The highest BCUT2D eigenvalue weighted by Crippen LogP contribution is 2.13. The summed E-state index contributed by atoms with van der Waals surface area (Å²) in [7, 11) is 0. The standard InChI is InChI=1S/C10H14N4/c1-10(2,3)6-12-9-4-8(5-11)13-7-14-9/h4,7H,6H2,1-3H3,(H,12,13,14). The fraction of sp³-hybridized carbons (Fsp3) is 0.500. The van der Waals surface area contributed by atoms with Gasteiger partial charge in [-0.05, 0) is 5.41 Å². The molecule has 1 N–H and O–H groups in total. The van der Waals surface area contributed by atoms with Gasteiger partial charge in [-0.15, -0.1) is 0 Å². The predicted molar refractivity (Wildman–Crippen MR) is 54.7 cm³/mol. The Morgan fingerprint density at radius 3 is 2.71 bits per heavy atom. The molecule has 0 spiro atoms. The van der Waals surface area contributed by atoms with Crippen molar-refractivity contribution in [1.82, 2.24) is 9.97 Å². The molecule has 4 nitrogen and oxygen atoms in total. The summed E-state index contributed by atoms with van der Waals surface area (Å²) in [5.41, 5.74) is 0.578. The smallest absolute Gasteiger partial charge is 0.145 e. The number of hydrogen-bond donors (Lipinski definition) is 1. The summed E-state index contributed by atoms with van der Waals surface area (Å²) in [5, 5.41) is 11.8. The number of nitriles is 1. The van der Waals surface area contributed by atoms with E-state index >= 15 is 0 Å². The second kappa shape index (κ2) is 4.05. The van der Waals surface area contributed by atoms with Gasteiger partial charge in [-0.3, -0.25) is 0 Å². The Bertz CT molecular complexity index is 346. The molecule has 74 valence electrons. The molecule has 1 aromatic rings. The van der Waals surface area contributed by atoms with Crippen LogP contribution in [0.25, 0.3) is 0 Å². The van der Waals surface area contributed by atoms with Crippen molar-refractivity contribution in [2.45, 2.75) is 20.8 Å². The molecule has 0 aliphatic heterocycles. The van der Waals surface area contributed by atoms with Gasteiger partial charge in [-0.2, -0.15) is 5.26 Å². The van der Waals surface area contributed by atoms with Crippen LogP contribution in [-0.2, 0) is 0 Å². The van der Waals surface area contributed by atoms with Gasteiger partial charge in [-0.25, -0.2) is 9.97 Å². The van der Waals surface area contributed by atoms with Crippen LogP contribution in [0.4, 0.5) is 5.82 Å². The summed E-state index contributed by atoms with van der Waals surface area (Å²) in [4.78, 5) is 7.81. The zero-order chi connectivity index (χ0) is 10.6. The van der Waals surface area contributed by atoms with Crippen LogP contribution in [0, 0.1) is 16.7 Å². The number of hydrogen-bond acceptors (Lipinski definition) is 4. The van der Waals surface area contributed by atoms with Crippen molar-refractivity contribution in [1.29, 1.82) is 5.26 Å². The summed E-state index contributed by atoms with van der Waals surface area (Å²) in [6.45, 7) is 7.21. The van der Waals surface area contributed by atoms with E-state index in [-0.39, 0.29) is 5.41 Å². The number of anilines is 1. The third-order valence-corrected chi connectivity index (χ3v) is 1.58. The normalized spacial score (nSPS) is 10.7. The van der Waals surface area contributed by atoms with E-state index < -0.39 is 0 Å². The zero-order valence-corrected chi connectivity index (χ0v) is 8.70. The summed E-state index contributed by atoms with van der Waals surface area (Å²) in [6.07, 6.45) is 1.39. The maximum Gasteiger partial charge on any atom is 0.145 e. The van der Waals surface area contributed by atoms with Crippen molar-refractivity contribution in [2.75, 3.05) is 11.9 Å². The van der Waals surface area contributed by atoms with Crippen molar-refractivity contribution < 1.29 is 0 Å². The van der Waals surface area contributed by atoms with E-state index in [1.807, 2.05) is 6.07 Å². The Labute approximate surface area is 84.0 Å². The van der Waals surface area contributed by atoms with Gasteiger partial charge in [-0.1, -0.05) is 20.8 Å². The molecule has 0 radical (unpaired) electrons. The molecule has 0 unspecified atom stereocenters. The number of nitrogens with zero attached hydrogens (tertiary/aromatic N) is 3. The van der Waals surface area contributed by atoms with Gasteiger partial charge < -0.3 is 5.32 Å². The van der Waals surface area contributed by atoms with Crippen LogP contribution in [0.2, 0.25) is 0 Å². The first kappa shape index (κ1) is 10.5. The number of nitrogens with one attached hydrogen (secondary N) is 1.